The molecule has 2 N–H and O–H groups in total. The molecule has 0 aromatic heterocycles. The third-order valence-corrected chi connectivity index (χ3v) is 9.14. The Kier molecular flexibility index (Phi) is 6.43. The van der Waals surface area contributed by atoms with Crippen LogP contribution in [0.5, 0.6) is 0 Å². The minimum atomic E-state index is -0.0894. The summed E-state index contributed by atoms with van der Waals surface area (Å²) in [4.78, 5) is 26.1. The van der Waals surface area contributed by atoms with Gasteiger partial charge in [-0.3, -0.25) is 9.59 Å². The number of nitrogens with two attached hydrogens (primary N) is 1. The maximum atomic E-state index is 13.1. The van der Waals surface area contributed by atoms with Gasteiger partial charge in [0.05, 0.1) is 0 Å². The van der Waals surface area contributed by atoms with Crippen molar-refractivity contribution in [1.82, 2.24) is 0 Å². The first-order valence-corrected chi connectivity index (χ1v) is 11.3. The van der Waals surface area contributed by atoms with Crippen LogP contribution in [0.1, 0.15) is 90.4 Å². The molecule has 4 aliphatic rings. The number of hydrogen-bond acceptors (Lipinski definition) is 3. The third kappa shape index (κ3) is 3.31. The molecule has 0 amide bonds. The van der Waals surface area contributed by atoms with Gasteiger partial charge in [-0.2, -0.15) is 0 Å². The van der Waals surface area contributed by atoms with Gasteiger partial charge in [-0.15, -0.1) is 12.4 Å². The van der Waals surface area contributed by atoms with E-state index in [4.69, 9.17) is 5.73 Å². The van der Waals surface area contributed by atoms with Crippen molar-refractivity contribution in [3.8, 4) is 0 Å². The Morgan fingerprint density at radius 3 is 2.59 bits per heavy atom. The summed E-state index contributed by atoms with van der Waals surface area (Å²) < 4.78 is 0. The monoisotopic (exact) mass is 395 g/mol. The fourth-order valence-corrected chi connectivity index (χ4v) is 7.89. The molecular weight excluding hydrogens is 358 g/mol. The second kappa shape index (κ2) is 8.14. The summed E-state index contributed by atoms with van der Waals surface area (Å²) >= 11 is 0. The van der Waals surface area contributed by atoms with Crippen LogP contribution in [-0.4, -0.2) is 18.1 Å². The molecule has 0 aliphatic heterocycles. The van der Waals surface area contributed by atoms with Crippen LogP contribution in [0.25, 0.3) is 0 Å². The van der Waals surface area contributed by atoms with Crippen LogP contribution in [0, 0.1) is 34.5 Å². The van der Waals surface area contributed by atoms with Crippen molar-refractivity contribution in [3.05, 3.63) is 0 Å². The predicted molar refractivity (Wildman–Crippen MR) is 111 cm³/mol. The number of carbonyl (C=O) groups excluding carboxylic acids is 2. The lowest BCUT2D eigenvalue weighted by atomic mass is 9.44. The van der Waals surface area contributed by atoms with E-state index in [1.165, 1.54) is 25.7 Å². The van der Waals surface area contributed by atoms with Crippen LogP contribution in [0.4, 0.5) is 0 Å². The highest BCUT2D eigenvalue weighted by Gasteiger charge is 2.62. The molecule has 4 aliphatic carbocycles. The van der Waals surface area contributed by atoms with Crippen molar-refractivity contribution in [2.75, 3.05) is 6.54 Å². The maximum absolute atomic E-state index is 13.1. The van der Waals surface area contributed by atoms with Gasteiger partial charge < -0.3 is 5.73 Å². The second-order valence-corrected chi connectivity index (χ2v) is 10.1. The van der Waals surface area contributed by atoms with Crippen molar-refractivity contribution in [2.24, 2.45) is 40.2 Å². The van der Waals surface area contributed by atoms with Gasteiger partial charge in [0.15, 0.2) is 0 Å². The molecule has 6 atom stereocenters. The van der Waals surface area contributed by atoms with E-state index in [0.29, 0.717) is 35.2 Å². The topological polar surface area (TPSA) is 60.2 Å². The molecular formula is C23H38ClNO2. The quantitative estimate of drug-likeness (QED) is 0.659. The summed E-state index contributed by atoms with van der Waals surface area (Å²) in [6.07, 6.45) is 14.1. The van der Waals surface area contributed by atoms with Crippen LogP contribution < -0.4 is 5.73 Å². The molecule has 0 aromatic carbocycles. The van der Waals surface area contributed by atoms with E-state index < -0.39 is 0 Å². The van der Waals surface area contributed by atoms with Gasteiger partial charge in [0, 0.05) is 24.2 Å². The molecule has 27 heavy (non-hydrogen) atoms. The Labute approximate surface area is 171 Å². The van der Waals surface area contributed by atoms with Crippen molar-refractivity contribution < 1.29 is 9.59 Å². The average Bonchev–Trinajstić information content (AvgIpc) is 2.96. The summed E-state index contributed by atoms with van der Waals surface area (Å²) in [7, 11) is 0. The normalized spacial score (nSPS) is 43.5. The fourth-order valence-electron chi connectivity index (χ4n) is 7.89. The molecule has 0 bridgehead atoms. The summed E-state index contributed by atoms with van der Waals surface area (Å²) in [5.74, 6) is 3.01. The van der Waals surface area contributed by atoms with Gasteiger partial charge in [-0.1, -0.05) is 32.6 Å². The van der Waals surface area contributed by atoms with Crippen LogP contribution in [-0.2, 0) is 9.59 Å². The Balaban J connectivity index is 0.00000210. The molecule has 1 unspecified atom stereocenters. The van der Waals surface area contributed by atoms with E-state index in [9.17, 15) is 9.59 Å². The van der Waals surface area contributed by atoms with Gasteiger partial charge in [-0.25, -0.2) is 0 Å². The molecule has 4 saturated carbocycles. The number of rotatable bonds is 5. The van der Waals surface area contributed by atoms with Gasteiger partial charge in [0.2, 0.25) is 0 Å². The summed E-state index contributed by atoms with van der Waals surface area (Å²) in [6, 6.07) is 0. The molecule has 4 rings (SSSR count). The molecule has 3 nitrogen and oxygen atoms in total. The maximum Gasteiger partial charge on any atom is 0.139 e. The number of carbonyl (C=O) groups is 2. The summed E-state index contributed by atoms with van der Waals surface area (Å²) in [5.41, 5.74) is 5.78. The number of ketones is 2. The minimum Gasteiger partial charge on any atom is -0.330 e. The van der Waals surface area contributed by atoms with Gasteiger partial charge in [0.1, 0.15) is 11.6 Å². The predicted octanol–water partition coefficient (Wildman–Crippen LogP) is 5.09. The zero-order valence-corrected chi connectivity index (χ0v) is 17.8. The summed E-state index contributed by atoms with van der Waals surface area (Å²) in [5, 5.41) is 0. The Hall–Kier alpha value is -0.410. The number of fused-ring (bicyclic) bond motifs is 5. The highest BCUT2D eigenvalue weighted by atomic mass is 35.5. The fraction of sp³-hybridized carbons (Fsp3) is 0.913. The SMILES string of the molecule is C[C@]12CCCCC1C(=O)C[C@H]1[C@@H]3CCC(=O)[C@@]3(CCCCCN)CC[C@@H]12.Cl. The van der Waals surface area contributed by atoms with Crippen molar-refractivity contribution in [3.63, 3.8) is 0 Å². The minimum absolute atomic E-state index is 0. The zero-order valence-electron chi connectivity index (χ0n) is 17.0. The number of halogens is 1. The Morgan fingerprint density at radius 1 is 1.00 bits per heavy atom. The van der Waals surface area contributed by atoms with E-state index in [2.05, 4.69) is 6.92 Å². The number of unbranched alkanes of at least 4 members (excludes halogenated alkanes) is 2. The van der Waals surface area contributed by atoms with Crippen LogP contribution in [0.3, 0.4) is 0 Å². The Bertz CT molecular complexity index is 579. The molecule has 0 spiro atoms. The average molecular weight is 396 g/mol. The molecule has 4 heteroatoms. The second-order valence-electron chi connectivity index (χ2n) is 10.1. The largest absolute Gasteiger partial charge is 0.330 e. The number of Topliss-reactive ketones (excluding diaryl/α,β-unsaturated/α-hetero) is 2. The highest BCUT2D eigenvalue weighted by molar-refractivity contribution is 5.88. The van der Waals surface area contributed by atoms with Crippen molar-refractivity contribution >= 4 is 24.0 Å². The lowest BCUT2D eigenvalue weighted by Crippen LogP contribution is -2.56. The van der Waals surface area contributed by atoms with Crippen molar-refractivity contribution in [2.45, 2.75) is 90.4 Å². The number of hydrogen-bond donors (Lipinski definition) is 1. The van der Waals surface area contributed by atoms with Gasteiger partial charge in [-0.05, 0) is 74.7 Å². The molecule has 0 aromatic rings. The first kappa shape index (κ1) is 21.3. The summed E-state index contributed by atoms with van der Waals surface area (Å²) in [6.45, 7) is 3.18. The van der Waals surface area contributed by atoms with E-state index in [0.717, 1.165) is 64.3 Å². The first-order chi connectivity index (χ1) is 12.5. The van der Waals surface area contributed by atoms with E-state index in [-0.39, 0.29) is 23.2 Å². The Morgan fingerprint density at radius 2 is 1.81 bits per heavy atom. The first-order valence-electron chi connectivity index (χ1n) is 11.3. The third-order valence-electron chi connectivity index (χ3n) is 9.14. The molecule has 0 heterocycles. The molecule has 0 radical (unpaired) electrons. The van der Waals surface area contributed by atoms with Crippen LogP contribution >= 0.6 is 12.4 Å². The van der Waals surface area contributed by atoms with E-state index >= 15 is 0 Å². The smallest absolute Gasteiger partial charge is 0.139 e. The zero-order chi connectivity index (χ0) is 18.4. The van der Waals surface area contributed by atoms with Gasteiger partial charge >= 0.3 is 0 Å². The van der Waals surface area contributed by atoms with Crippen LogP contribution in [0.2, 0.25) is 0 Å². The van der Waals surface area contributed by atoms with E-state index in [1.54, 1.807) is 0 Å². The molecule has 4 fully saturated rings. The molecule has 0 saturated heterocycles. The molecule has 154 valence electrons. The van der Waals surface area contributed by atoms with E-state index in [1.807, 2.05) is 0 Å². The lowest BCUT2D eigenvalue weighted by Gasteiger charge is -2.59. The lowest BCUT2D eigenvalue weighted by molar-refractivity contribution is -0.157. The standard InChI is InChI=1S/C23H37NO2.ClH/c1-22-11-5-3-7-19(22)20(25)15-16-17(22)10-13-23(12-4-2-6-14-24)18(16)8-9-21(23)26;/h16-19H,2-15,24H2,1H3;1H/t16-,17+,18+,19?,22-,23+;/m1./s1. The highest BCUT2D eigenvalue weighted by Crippen LogP contribution is 2.65. The van der Waals surface area contributed by atoms with Crippen molar-refractivity contribution in [1.29, 1.82) is 0 Å². The van der Waals surface area contributed by atoms with Crippen LogP contribution in [0.15, 0.2) is 0 Å². The van der Waals surface area contributed by atoms with Gasteiger partial charge in [0.25, 0.3) is 0 Å².